The van der Waals surface area contributed by atoms with Crippen molar-refractivity contribution in [2.45, 2.75) is 13.0 Å². The van der Waals surface area contributed by atoms with Gasteiger partial charge in [0.05, 0.1) is 12.6 Å². The van der Waals surface area contributed by atoms with E-state index < -0.39 is 6.09 Å². The van der Waals surface area contributed by atoms with Gasteiger partial charge >= 0.3 is 6.09 Å². The van der Waals surface area contributed by atoms with E-state index in [1.54, 1.807) is 6.20 Å². The van der Waals surface area contributed by atoms with E-state index in [0.717, 1.165) is 40.5 Å². The Morgan fingerprint density at radius 1 is 1.34 bits per heavy atom. The van der Waals surface area contributed by atoms with E-state index in [0.29, 0.717) is 31.3 Å². The zero-order valence-corrected chi connectivity index (χ0v) is 16.0. The Kier molecular flexibility index (Phi) is 3.90. The number of amidine groups is 1. The highest BCUT2D eigenvalue weighted by molar-refractivity contribution is 6.36. The number of fused-ring (bicyclic) bond motifs is 3. The highest BCUT2D eigenvalue weighted by atomic mass is 16.4. The number of hydrogen-bond acceptors (Lipinski definition) is 7. The maximum Gasteiger partial charge on any atom is 0.407 e. The van der Waals surface area contributed by atoms with Gasteiger partial charge in [-0.2, -0.15) is 4.98 Å². The first-order valence-electron chi connectivity index (χ1n) is 9.51. The number of nitrogens with one attached hydrogen (secondary N) is 1. The predicted octanol–water partition coefficient (Wildman–Crippen LogP) is 1.91. The third-order valence-electron chi connectivity index (χ3n) is 5.47. The van der Waals surface area contributed by atoms with Gasteiger partial charge in [0.15, 0.2) is 0 Å². The Labute approximate surface area is 167 Å². The normalized spacial score (nSPS) is 17.8. The first kappa shape index (κ1) is 17.5. The van der Waals surface area contributed by atoms with Gasteiger partial charge in [-0.15, -0.1) is 0 Å². The van der Waals surface area contributed by atoms with Crippen LogP contribution in [0.4, 0.5) is 22.2 Å². The third kappa shape index (κ3) is 2.95. The number of nitrogen functional groups attached to an aromatic ring is 1. The number of nitrogens with two attached hydrogens (primary N) is 1. The third-order valence-corrected chi connectivity index (χ3v) is 5.47. The van der Waals surface area contributed by atoms with Crippen molar-refractivity contribution in [1.82, 2.24) is 14.9 Å². The number of carbonyl (C=O) groups is 1. The van der Waals surface area contributed by atoms with E-state index >= 15 is 0 Å². The molecule has 148 valence electrons. The molecule has 1 aromatic carbocycles. The number of rotatable bonds is 3. The molecule has 1 fully saturated rings. The molecule has 0 unspecified atom stereocenters. The average Bonchev–Trinajstić information content (AvgIpc) is 3.15. The lowest BCUT2D eigenvalue weighted by Gasteiger charge is -2.37. The summed E-state index contributed by atoms with van der Waals surface area (Å²) in [4.78, 5) is 28.2. The number of aliphatic imine (C=N–C) groups is 1. The average molecular weight is 391 g/mol. The summed E-state index contributed by atoms with van der Waals surface area (Å²) in [6.45, 7) is 4.40. The lowest BCUT2D eigenvalue weighted by Crippen LogP contribution is -2.56. The van der Waals surface area contributed by atoms with Crippen LogP contribution in [0.2, 0.25) is 0 Å². The monoisotopic (exact) mass is 391 g/mol. The Morgan fingerprint density at radius 3 is 2.97 bits per heavy atom. The molecular formula is C20H21N7O2. The molecule has 4 N–H and O–H groups in total. The fraction of sp³-hybridized carbons (Fsp3) is 0.300. The molecule has 0 aliphatic carbocycles. The van der Waals surface area contributed by atoms with Gasteiger partial charge in [0.1, 0.15) is 11.7 Å². The van der Waals surface area contributed by atoms with E-state index in [9.17, 15) is 4.79 Å². The summed E-state index contributed by atoms with van der Waals surface area (Å²) in [6.07, 6.45) is 2.97. The highest BCUT2D eigenvalue weighted by Crippen LogP contribution is 2.36. The Hall–Kier alpha value is -3.62. The van der Waals surface area contributed by atoms with Crippen LogP contribution in [-0.4, -0.2) is 64.1 Å². The van der Waals surface area contributed by atoms with Crippen molar-refractivity contribution in [2.75, 3.05) is 42.1 Å². The lowest BCUT2D eigenvalue weighted by atomic mass is 9.94. The Balaban J connectivity index is 1.47. The molecule has 3 aliphatic rings. The van der Waals surface area contributed by atoms with Crippen molar-refractivity contribution in [2.24, 2.45) is 4.99 Å². The molecule has 1 saturated heterocycles. The standard InChI is InChI=1S/C20H21N7O2/c1-11-2-3-13(21)7-15(11)16-6-12-8-23-19(24-14-9-26(10-14)20(28)29)25-17(12)27-5-4-22-18(16)27/h2-3,6-8,14H,4-5,9-10,21H2,1H3,(H,28,29)(H,23,24,25). The van der Waals surface area contributed by atoms with Crippen LogP contribution in [0.3, 0.4) is 0 Å². The zero-order valence-electron chi connectivity index (χ0n) is 16.0. The van der Waals surface area contributed by atoms with Crippen molar-refractivity contribution < 1.29 is 9.90 Å². The van der Waals surface area contributed by atoms with Gasteiger partial charge < -0.3 is 26.0 Å². The molecule has 0 saturated carbocycles. The molecule has 0 spiro atoms. The molecule has 9 nitrogen and oxygen atoms in total. The van der Waals surface area contributed by atoms with E-state index in [4.69, 9.17) is 20.8 Å². The van der Waals surface area contributed by atoms with Crippen molar-refractivity contribution in [3.05, 3.63) is 41.1 Å². The van der Waals surface area contributed by atoms with Gasteiger partial charge in [-0.25, -0.2) is 9.78 Å². The summed E-state index contributed by atoms with van der Waals surface area (Å²) >= 11 is 0. The summed E-state index contributed by atoms with van der Waals surface area (Å²) in [6, 6.07) is 5.92. The van der Waals surface area contributed by atoms with Gasteiger partial charge in [0, 0.05) is 42.7 Å². The molecule has 9 heteroatoms. The predicted molar refractivity (Wildman–Crippen MR) is 112 cm³/mol. The smallest absolute Gasteiger partial charge is 0.407 e. The van der Waals surface area contributed by atoms with Gasteiger partial charge in [-0.05, 0) is 36.3 Å². The number of benzene rings is 1. The fourth-order valence-corrected chi connectivity index (χ4v) is 3.91. The Morgan fingerprint density at radius 2 is 2.17 bits per heavy atom. The van der Waals surface area contributed by atoms with E-state index in [1.165, 1.54) is 4.90 Å². The number of hydrogen-bond donors (Lipinski definition) is 3. The van der Waals surface area contributed by atoms with Crippen LogP contribution in [0.15, 0.2) is 29.4 Å². The number of amides is 1. The minimum atomic E-state index is -0.901. The largest absolute Gasteiger partial charge is 0.465 e. The second kappa shape index (κ2) is 6.47. The van der Waals surface area contributed by atoms with E-state index in [-0.39, 0.29) is 6.04 Å². The van der Waals surface area contributed by atoms with Crippen molar-refractivity contribution in [1.29, 1.82) is 0 Å². The van der Waals surface area contributed by atoms with Crippen molar-refractivity contribution in [3.8, 4) is 0 Å². The number of carboxylic acid groups (broad SMARTS) is 1. The van der Waals surface area contributed by atoms with Gasteiger partial charge in [0.2, 0.25) is 5.95 Å². The second-order valence-corrected chi connectivity index (χ2v) is 7.49. The zero-order chi connectivity index (χ0) is 20.1. The van der Waals surface area contributed by atoms with Crippen LogP contribution >= 0.6 is 0 Å². The summed E-state index contributed by atoms with van der Waals surface area (Å²) in [5.41, 5.74) is 10.9. The number of aromatic nitrogens is 2. The number of likely N-dealkylation sites (tertiary alicyclic amines) is 1. The Bertz CT molecular complexity index is 1070. The van der Waals surface area contributed by atoms with Crippen molar-refractivity contribution in [3.63, 3.8) is 0 Å². The summed E-state index contributed by atoms with van der Waals surface area (Å²) < 4.78 is 0. The van der Waals surface area contributed by atoms with E-state index in [1.807, 2.05) is 18.2 Å². The molecule has 3 aliphatic heterocycles. The quantitative estimate of drug-likeness (QED) is 0.684. The SMILES string of the molecule is Cc1ccc(N)cc1C1=Cc2cnc(NC3CN(C(=O)O)C3)nc2N2CCN=C12. The van der Waals surface area contributed by atoms with Crippen LogP contribution in [0.1, 0.15) is 16.7 Å². The second-order valence-electron chi connectivity index (χ2n) is 7.49. The summed E-state index contributed by atoms with van der Waals surface area (Å²) in [5, 5.41) is 12.2. The van der Waals surface area contributed by atoms with Crippen LogP contribution in [0.25, 0.3) is 11.6 Å². The van der Waals surface area contributed by atoms with Crippen LogP contribution < -0.4 is 16.0 Å². The topological polar surface area (TPSA) is 120 Å². The molecule has 1 aromatic heterocycles. The number of aryl methyl sites for hydroxylation is 1. The maximum atomic E-state index is 10.9. The first-order chi connectivity index (χ1) is 14.0. The molecule has 1 amide bonds. The number of anilines is 3. The minimum absolute atomic E-state index is 0.0282. The highest BCUT2D eigenvalue weighted by Gasteiger charge is 2.33. The fourth-order valence-electron chi connectivity index (χ4n) is 3.91. The molecular weight excluding hydrogens is 370 g/mol. The van der Waals surface area contributed by atoms with Gasteiger partial charge in [-0.3, -0.25) is 4.99 Å². The number of nitrogens with zero attached hydrogens (tertiary/aromatic N) is 5. The molecule has 0 atom stereocenters. The summed E-state index contributed by atoms with van der Waals surface area (Å²) in [5.74, 6) is 2.22. The molecule has 2 aromatic rings. The molecule has 4 heterocycles. The van der Waals surface area contributed by atoms with Crippen molar-refractivity contribution >= 4 is 41.0 Å². The molecule has 29 heavy (non-hydrogen) atoms. The maximum absolute atomic E-state index is 10.9. The van der Waals surface area contributed by atoms with Crippen LogP contribution in [0.5, 0.6) is 0 Å². The molecule has 0 radical (unpaired) electrons. The first-order valence-corrected chi connectivity index (χ1v) is 9.51. The molecule has 0 bridgehead atoms. The van der Waals surface area contributed by atoms with Crippen LogP contribution in [0, 0.1) is 6.92 Å². The minimum Gasteiger partial charge on any atom is -0.465 e. The van der Waals surface area contributed by atoms with Gasteiger partial charge in [-0.1, -0.05) is 6.07 Å². The van der Waals surface area contributed by atoms with E-state index in [2.05, 4.69) is 28.2 Å². The van der Waals surface area contributed by atoms with Crippen LogP contribution in [-0.2, 0) is 0 Å². The summed E-state index contributed by atoms with van der Waals surface area (Å²) in [7, 11) is 0. The lowest BCUT2D eigenvalue weighted by molar-refractivity contribution is 0.111. The van der Waals surface area contributed by atoms with Gasteiger partial charge in [0.25, 0.3) is 0 Å². The molecule has 5 rings (SSSR count).